The van der Waals surface area contributed by atoms with Gasteiger partial charge in [-0.1, -0.05) is 25.7 Å². The molecule has 0 saturated heterocycles. The normalized spacial score (nSPS) is 23.6. The van der Waals surface area contributed by atoms with Gasteiger partial charge in [0.15, 0.2) is 12.2 Å². The average molecular weight is 603 g/mol. The van der Waals surface area contributed by atoms with Gasteiger partial charge in [-0.25, -0.2) is 9.59 Å². The van der Waals surface area contributed by atoms with Gasteiger partial charge in [0.1, 0.15) is 12.2 Å². The van der Waals surface area contributed by atoms with Crippen molar-refractivity contribution in [3.63, 3.8) is 0 Å². The fourth-order valence-corrected chi connectivity index (χ4v) is 5.15. The Morgan fingerprint density at radius 3 is 1.40 bits per heavy atom. The Hall–Kier alpha value is -4.06. The Bertz CT molecular complexity index is 919. The highest BCUT2D eigenvalue weighted by atomic mass is 17.0. The van der Waals surface area contributed by atoms with Gasteiger partial charge in [-0.15, -0.1) is 20.2 Å². The lowest BCUT2D eigenvalue weighted by Gasteiger charge is -2.34. The van der Waals surface area contributed by atoms with Crippen molar-refractivity contribution in [2.75, 3.05) is 26.2 Å². The Labute approximate surface area is 241 Å². The molecule has 2 rings (SSSR count). The van der Waals surface area contributed by atoms with Crippen molar-refractivity contribution in [1.29, 1.82) is 0 Å². The maximum atomic E-state index is 12.8. The van der Waals surface area contributed by atoms with Crippen molar-refractivity contribution in [1.82, 2.24) is 10.6 Å². The molecule has 2 aliphatic carbocycles. The van der Waals surface area contributed by atoms with Crippen molar-refractivity contribution in [2.24, 2.45) is 23.3 Å². The lowest BCUT2D eigenvalue weighted by atomic mass is 9.82. The molecule has 6 N–H and O–H groups in total. The van der Waals surface area contributed by atoms with Crippen LogP contribution in [0.1, 0.15) is 51.4 Å². The van der Waals surface area contributed by atoms with E-state index in [0.717, 1.165) is 0 Å². The number of carbonyl (C=O) groups excluding carboxylic acids is 4. The highest BCUT2D eigenvalue weighted by Gasteiger charge is 2.42. The van der Waals surface area contributed by atoms with E-state index in [2.05, 4.69) is 10.6 Å². The summed E-state index contributed by atoms with van der Waals surface area (Å²) in [5.41, 5.74) is 10.9. The van der Waals surface area contributed by atoms with Crippen LogP contribution < -0.4 is 22.1 Å². The molecular formula is C24H38N6O12. The number of nitrogens with zero attached hydrogens (tertiary/aromatic N) is 2. The highest BCUT2D eigenvalue weighted by molar-refractivity contribution is 5.94. The molecule has 2 saturated carbocycles. The van der Waals surface area contributed by atoms with Crippen LogP contribution >= 0.6 is 0 Å². The molecule has 0 heterocycles. The van der Waals surface area contributed by atoms with Crippen molar-refractivity contribution in [3.8, 4) is 0 Å². The number of nitrogens with one attached hydrogen (secondary N) is 2. The van der Waals surface area contributed by atoms with Crippen molar-refractivity contribution < 1.29 is 48.5 Å². The molecule has 0 aromatic carbocycles. The van der Waals surface area contributed by atoms with Crippen molar-refractivity contribution in [2.45, 2.75) is 75.8 Å². The minimum atomic E-state index is -1.48. The SMILES string of the molecule is NCCNC(=O)C(OC(=O)/C=C/C(=O)OC(C(=O)NCCN)C1CCCCC1O[N+](=O)[O-])C1CCCCC1O[N+](=O)[O-]. The first-order valence-corrected chi connectivity index (χ1v) is 13.7. The molecule has 6 unspecified atom stereocenters. The maximum absolute atomic E-state index is 12.8. The third-order valence-corrected chi connectivity index (χ3v) is 6.97. The number of rotatable bonds is 16. The molecule has 0 aliphatic heterocycles. The summed E-state index contributed by atoms with van der Waals surface area (Å²) in [6, 6.07) is 0. The van der Waals surface area contributed by atoms with Gasteiger partial charge in [-0.3, -0.25) is 9.59 Å². The van der Waals surface area contributed by atoms with E-state index in [9.17, 15) is 39.4 Å². The van der Waals surface area contributed by atoms with E-state index in [1.807, 2.05) is 0 Å². The number of nitrogens with two attached hydrogens (primary N) is 2. The summed E-state index contributed by atoms with van der Waals surface area (Å²) < 4.78 is 10.6. The Morgan fingerprint density at radius 2 is 1.07 bits per heavy atom. The number of carbonyl (C=O) groups is 4. The van der Waals surface area contributed by atoms with Crippen LogP contribution in [0.2, 0.25) is 0 Å². The lowest BCUT2D eigenvalue weighted by molar-refractivity contribution is -0.771. The molecule has 2 amide bonds. The zero-order valence-corrected chi connectivity index (χ0v) is 23.1. The monoisotopic (exact) mass is 602 g/mol. The highest BCUT2D eigenvalue weighted by Crippen LogP contribution is 2.32. The minimum Gasteiger partial charge on any atom is -0.449 e. The summed E-state index contributed by atoms with van der Waals surface area (Å²) in [5, 5.41) is 25.0. The predicted molar refractivity (Wildman–Crippen MR) is 141 cm³/mol. The van der Waals surface area contributed by atoms with E-state index in [-0.39, 0.29) is 39.0 Å². The number of hydrogen-bond acceptors (Lipinski definition) is 14. The molecule has 42 heavy (non-hydrogen) atoms. The second-order valence-electron chi connectivity index (χ2n) is 9.84. The van der Waals surface area contributed by atoms with Gasteiger partial charge in [0.05, 0.1) is 0 Å². The molecule has 18 heteroatoms. The third kappa shape index (κ3) is 11.1. The van der Waals surface area contributed by atoms with Gasteiger partial charge in [0.2, 0.25) is 0 Å². The Kier molecular flexibility index (Phi) is 14.4. The second kappa shape index (κ2) is 17.7. The van der Waals surface area contributed by atoms with Crippen LogP contribution in [-0.4, -0.2) is 84.5 Å². The van der Waals surface area contributed by atoms with Crippen LogP contribution in [0, 0.1) is 32.1 Å². The minimum absolute atomic E-state index is 0.0540. The van der Waals surface area contributed by atoms with Crippen LogP contribution in [0.3, 0.4) is 0 Å². The topological polar surface area (TPSA) is 268 Å². The summed E-state index contributed by atoms with van der Waals surface area (Å²) in [5.74, 6) is -5.43. The molecule has 0 aromatic rings. The molecule has 2 fully saturated rings. The molecule has 2 aliphatic rings. The smallest absolute Gasteiger partial charge is 0.331 e. The van der Waals surface area contributed by atoms with Crippen LogP contribution in [0.4, 0.5) is 0 Å². The zero-order valence-electron chi connectivity index (χ0n) is 23.1. The number of amides is 2. The fourth-order valence-electron chi connectivity index (χ4n) is 5.15. The molecule has 0 bridgehead atoms. The van der Waals surface area contributed by atoms with Crippen LogP contribution in [0.5, 0.6) is 0 Å². The summed E-state index contributed by atoms with van der Waals surface area (Å²) in [6.45, 7) is 0.287. The number of esters is 2. The Balaban J connectivity index is 2.17. The zero-order chi connectivity index (χ0) is 31.1. The molecule has 0 radical (unpaired) electrons. The summed E-state index contributed by atoms with van der Waals surface area (Å²) in [6.07, 6.45) is -0.0274. The molecule has 0 aromatic heterocycles. The molecule has 0 spiro atoms. The van der Waals surface area contributed by atoms with Crippen LogP contribution in [0.25, 0.3) is 0 Å². The summed E-state index contributed by atoms with van der Waals surface area (Å²) >= 11 is 0. The average Bonchev–Trinajstić information content (AvgIpc) is 2.95. The first kappa shape index (κ1) is 34.1. The maximum Gasteiger partial charge on any atom is 0.331 e. The molecule has 236 valence electrons. The third-order valence-electron chi connectivity index (χ3n) is 6.97. The van der Waals surface area contributed by atoms with E-state index in [1.54, 1.807) is 0 Å². The van der Waals surface area contributed by atoms with Gasteiger partial charge >= 0.3 is 11.9 Å². The van der Waals surface area contributed by atoms with Crippen molar-refractivity contribution >= 4 is 23.8 Å². The largest absolute Gasteiger partial charge is 0.449 e. The van der Waals surface area contributed by atoms with Crippen LogP contribution in [-0.2, 0) is 38.3 Å². The van der Waals surface area contributed by atoms with Gasteiger partial charge < -0.3 is 41.2 Å². The van der Waals surface area contributed by atoms with E-state index < -0.39 is 70.2 Å². The molecule has 18 nitrogen and oxygen atoms in total. The summed E-state index contributed by atoms with van der Waals surface area (Å²) in [4.78, 5) is 82.3. The Morgan fingerprint density at radius 1 is 0.714 bits per heavy atom. The van der Waals surface area contributed by atoms with E-state index in [0.29, 0.717) is 50.7 Å². The van der Waals surface area contributed by atoms with Gasteiger partial charge in [-0.05, 0) is 25.7 Å². The predicted octanol–water partition coefficient (Wildman–Crippen LogP) is -0.950. The van der Waals surface area contributed by atoms with E-state index in [1.165, 1.54) is 0 Å². The van der Waals surface area contributed by atoms with Gasteiger partial charge in [0.25, 0.3) is 22.0 Å². The van der Waals surface area contributed by atoms with Gasteiger partial charge in [-0.2, -0.15) is 0 Å². The lowest BCUT2D eigenvalue weighted by Crippen LogP contribution is -2.49. The first-order chi connectivity index (χ1) is 20.1. The summed E-state index contributed by atoms with van der Waals surface area (Å²) in [7, 11) is 0. The second-order valence-corrected chi connectivity index (χ2v) is 9.84. The van der Waals surface area contributed by atoms with Crippen LogP contribution in [0.15, 0.2) is 12.2 Å². The molecular weight excluding hydrogens is 564 g/mol. The standard InChI is InChI=1S/C24H38N6O12/c25-11-13-27-23(33)21(15-5-1-3-7-17(15)41-29(35)36)39-19(31)9-10-20(32)40-22(24(34)28-14-12-26)16-6-2-4-8-18(16)42-30(37)38/h9-10,15-18,21-22H,1-8,11-14,25-26H2,(H,27,33)(H,28,34)/b10-9+. The van der Waals surface area contributed by atoms with E-state index in [4.69, 9.17) is 30.6 Å². The fraction of sp³-hybridized carbons (Fsp3) is 0.750. The number of ether oxygens (including phenoxy) is 2. The molecule has 6 atom stereocenters. The first-order valence-electron chi connectivity index (χ1n) is 13.7. The quantitative estimate of drug-likeness (QED) is 0.0718. The van der Waals surface area contributed by atoms with Crippen molar-refractivity contribution in [3.05, 3.63) is 32.4 Å². The van der Waals surface area contributed by atoms with Gasteiger partial charge in [0, 0.05) is 50.2 Å². The van der Waals surface area contributed by atoms with E-state index >= 15 is 0 Å². The number of hydrogen-bond donors (Lipinski definition) is 4.